The van der Waals surface area contributed by atoms with E-state index in [0.29, 0.717) is 15.6 Å². The molecule has 0 aliphatic carbocycles. The summed E-state index contributed by atoms with van der Waals surface area (Å²) in [5, 5.41) is 4.50. The number of hydrogen-bond acceptors (Lipinski definition) is 2. The van der Waals surface area contributed by atoms with Gasteiger partial charge in [-0.2, -0.15) is 0 Å². The number of nitrogens with one attached hydrogen (secondary N) is 1. The molecule has 3 nitrogen and oxygen atoms in total. The molecule has 1 amide bonds. The van der Waals surface area contributed by atoms with Gasteiger partial charge in [0, 0.05) is 32.5 Å². The van der Waals surface area contributed by atoms with Crippen molar-refractivity contribution in [3.8, 4) is 0 Å². The maximum atomic E-state index is 13.1. The average Bonchev–Trinajstić information content (AvgIpc) is 2.87. The number of anilines is 2. The van der Waals surface area contributed by atoms with Crippen LogP contribution in [0.25, 0.3) is 0 Å². The Bertz CT molecular complexity index is 983. The molecule has 0 saturated heterocycles. The molecular weight excluding hydrogens is 367 g/mol. The normalized spacial score (nSPS) is 15.9. The predicted octanol–water partition coefficient (Wildman–Crippen LogP) is 6.07. The highest BCUT2D eigenvalue weighted by Gasteiger charge is 2.38. The minimum atomic E-state index is -0.339. The lowest BCUT2D eigenvalue weighted by Gasteiger charge is -2.28. The molecule has 1 N–H and O–H groups in total. The van der Waals surface area contributed by atoms with E-state index in [2.05, 4.69) is 5.32 Å². The van der Waals surface area contributed by atoms with E-state index in [1.165, 1.54) is 0 Å². The smallest absolute Gasteiger partial charge is 0.260 e. The van der Waals surface area contributed by atoms with Gasteiger partial charge in [0.05, 0.1) is 0 Å². The van der Waals surface area contributed by atoms with Gasteiger partial charge in [-0.15, -0.1) is 0 Å². The third-order valence-electron chi connectivity index (χ3n) is 4.50. The van der Waals surface area contributed by atoms with Gasteiger partial charge in [-0.05, 0) is 42.8 Å². The number of para-hydroxylation sites is 1. The zero-order valence-electron chi connectivity index (χ0n) is 14.0. The molecule has 1 aliphatic rings. The number of carbonyl (C=O) groups is 1. The van der Waals surface area contributed by atoms with E-state index in [1.54, 1.807) is 23.1 Å². The van der Waals surface area contributed by atoms with Crippen molar-refractivity contribution in [1.29, 1.82) is 0 Å². The van der Waals surface area contributed by atoms with Crippen molar-refractivity contribution in [3.63, 3.8) is 0 Å². The maximum absolute atomic E-state index is 13.1. The van der Waals surface area contributed by atoms with Crippen LogP contribution in [0.2, 0.25) is 10.0 Å². The van der Waals surface area contributed by atoms with Crippen LogP contribution in [0.4, 0.5) is 11.4 Å². The fourth-order valence-corrected chi connectivity index (χ4v) is 3.86. The van der Waals surface area contributed by atoms with Crippen LogP contribution in [0, 0.1) is 6.92 Å². The Labute approximate surface area is 162 Å². The van der Waals surface area contributed by atoms with Crippen LogP contribution in [0.3, 0.4) is 0 Å². The van der Waals surface area contributed by atoms with Crippen LogP contribution < -0.4 is 10.2 Å². The predicted molar refractivity (Wildman–Crippen MR) is 107 cm³/mol. The summed E-state index contributed by atoms with van der Waals surface area (Å²) in [7, 11) is 0. The average molecular weight is 383 g/mol. The molecule has 0 fully saturated rings. The highest BCUT2D eigenvalue weighted by molar-refractivity contribution is 6.35. The zero-order valence-corrected chi connectivity index (χ0v) is 15.6. The van der Waals surface area contributed by atoms with Crippen molar-refractivity contribution < 1.29 is 4.79 Å². The molecular formula is C21H16Cl2N2O. The van der Waals surface area contributed by atoms with Gasteiger partial charge in [0.25, 0.3) is 5.91 Å². The number of amides is 1. The molecule has 0 spiro atoms. The van der Waals surface area contributed by atoms with Crippen LogP contribution in [-0.4, -0.2) is 5.91 Å². The molecule has 5 heteroatoms. The van der Waals surface area contributed by atoms with Crippen molar-refractivity contribution >= 4 is 40.5 Å². The SMILES string of the molecule is Cc1ccccc1N1C(=O)c2ccccc2[C@H]1Nc1cc(Cl)cc(Cl)c1. The Morgan fingerprint density at radius 2 is 1.58 bits per heavy atom. The number of hydrogen-bond donors (Lipinski definition) is 1. The molecule has 1 heterocycles. The van der Waals surface area contributed by atoms with Crippen molar-refractivity contribution in [2.24, 2.45) is 0 Å². The summed E-state index contributed by atoms with van der Waals surface area (Å²) in [4.78, 5) is 14.9. The number of halogens is 2. The van der Waals surface area contributed by atoms with Gasteiger partial charge in [0.15, 0.2) is 0 Å². The summed E-state index contributed by atoms with van der Waals surface area (Å²) >= 11 is 12.3. The Morgan fingerprint density at radius 3 is 2.31 bits per heavy atom. The van der Waals surface area contributed by atoms with Crippen LogP contribution >= 0.6 is 23.2 Å². The lowest BCUT2D eigenvalue weighted by molar-refractivity contribution is 0.0993. The van der Waals surface area contributed by atoms with E-state index in [0.717, 1.165) is 22.5 Å². The summed E-state index contributed by atoms with van der Waals surface area (Å²) in [5.41, 5.74) is 4.29. The minimum Gasteiger partial charge on any atom is -0.361 e. The van der Waals surface area contributed by atoms with E-state index in [-0.39, 0.29) is 12.1 Å². The van der Waals surface area contributed by atoms with Crippen LogP contribution in [0.1, 0.15) is 27.7 Å². The first-order chi connectivity index (χ1) is 12.5. The molecule has 1 atom stereocenters. The van der Waals surface area contributed by atoms with E-state index in [1.807, 2.05) is 55.5 Å². The quantitative estimate of drug-likeness (QED) is 0.595. The molecule has 0 unspecified atom stereocenters. The first kappa shape index (κ1) is 17.0. The number of rotatable bonds is 3. The van der Waals surface area contributed by atoms with Crippen LogP contribution in [-0.2, 0) is 0 Å². The second-order valence-corrected chi connectivity index (χ2v) is 7.13. The molecule has 1 aliphatic heterocycles. The van der Waals surface area contributed by atoms with Crippen molar-refractivity contribution in [3.05, 3.63) is 93.5 Å². The standard InChI is InChI=1S/C21H16Cl2N2O/c1-13-6-2-5-9-19(13)25-20(17-7-3-4-8-18(17)21(25)26)24-16-11-14(22)10-15(23)12-16/h2-12,20,24H,1H3/t20-/m0/s1. The molecule has 0 bridgehead atoms. The molecule has 0 aromatic heterocycles. The number of aryl methyl sites for hydroxylation is 1. The van der Waals surface area contributed by atoms with Gasteiger partial charge >= 0.3 is 0 Å². The Hall–Kier alpha value is -2.49. The second-order valence-electron chi connectivity index (χ2n) is 6.25. The second kappa shape index (κ2) is 6.67. The van der Waals surface area contributed by atoms with Gasteiger partial charge in [-0.1, -0.05) is 59.6 Å². The first-order valence-corrected chi connectivity index (χ1v) is 9.01. The Kier molecular flexibility index (Phi) is 4.35. The van der Waals surface area contributed by atoms with Gasteiger partial charge in [0.2, 0.25) is 0 Å². The maximum Gasteiger partial charge on any atom is 0.260 e. The van der Waals surface area contributed by atoms with Crippen molar-refractivity contribution in [1.82, 2.24) is 0 Å². The molecule has 3 aromatic rings. The summed E-state index contributed by atoms with van der Waals surface area (Å²) in [6.45, 7) is 2.00. The van der Waals surface area contributed by atoms with Gasteiger partial charge < -0.3 is 5.32 Å². The Balaban J connectivity index is 1.82. The monoisotopic (exact) mass is 382 g/mol. The molecule has 130 valence electrons. The summed E-state index contributed by atoms with van der Waals surface area (Å²) in [5.74, 6) is -0.0273. The lowest BCUT2D eigenvalue weighted by atomic mass is 10.1. The third-order valence-corrected chi connectivity index (χ3v) is 4.94. The fourth-order valence-electron chi connectivity index (χ4n) is 3.34. The number of nitrogens with zero attached hydrogens (tertiary/aromatic N) is 1. The van der Waals surface area contributed by atoms with Gasteiger partial charge in [-0.3, -0.25) is 9.69 Å². The van der Waals surface area contributed by atoms with E-state index < -0.39 is 0 Å². The summed E-state index contributed by atoms with van der Waals surface area (Å²) < 4.78 is 0. The van der Waals surface area contributed by atoms with Gasteiger partial charge in [0.1, 0.15) is 6.17 Å². The third kappa shape index (κ3) is 2.94. The molecule has 0 radical (unpaired) electrons. The Morgan fingerprint density at radius 1 is 0.923 bits per heavy atom. The lowest BCUT2D eigenvalue weighted by Crippen LogP contribution is -2.32. The highest BCUT2D eigenvalue weighted by atomic mass is 35.5. The highest BCUT2D eigenvalue weighted by Crippen LogP contribution is 2.39. The van der Waals surface area contributed by atoms with Crippen molar-refractivity contribution in [2.45, 2.75) is 13.1 Å². The molecule has 26 heavy (non-hydrogen) atoms. The summed E-state index contributed by atoms with van der Waals surface area (Å²) in [6.07, 6.45) is -0.339. The largest absolute Gasteiger partial charge is 0.361 e. The van der Waals surface area contributed by atoms with E-state index >= 15 is 0 Å². The number of fused-ring (bicyclic) bond motifs is 1. The number of carbonyl (C=O) groups excluding carboxylic acids is 1. The molecule has 4 rings (SSSR count). The van der Waals surface area contributed by atoms with E-state index in [9.17, 15) is 4.79 Å². The molecule has 0 saturated carbocycles. The number of benzene rings is 3. The van der Waals surface area contributed by atoms with Crippen molar-refractivity contribution in [2.75, 3.05) is 10.2 Å². The first-order valence-electron chi connectivity index (χ1n) is 8.25. The topological polar surface area (TPSA) is 32.3 Å². The van der Waals surface area contributed by atoms with E-state index in [4.69, 9.17) is 23.2 Å². The fraction of sp³-hybridized carbons (Fsp3) is 0.0952. The molecule has 3 aromatic carbocycles. The van der Waals surface area contributed by atoms with Crippen LogP contribution in [0.15, 0.2) is 66.7 Å². The minimum absolute atomic E-state index is 0.0273. The summed E-state index contributed by atoms with van der Waals surface area (Å²) in [6, 6.07) is 20.8. The van der Waals surface area contributed by atoms with Gasteiger partial charge in [-0.25, -0.2) is 0 Å². The van der Waals surface area contributed by atoms with Crippen LogP contribution in [0.5, 0.6) is 0 Å². The zero-order chi connectivity index (χ0) is 18.3.